The second kappa shape index (κ2) is 7.93. The Morgan fingerprint density at radius 3 is 2.47 bits per heavy atom. The lowest BCUT2D eigenvalue weighted by Gasteiger charge is -2.29. The molecule has 1 aliphatic heterocycles. The first-order valence-corrected chi connectivity index (χ1v) is 11.5. The number of carbonyl (C=O) groups excluding carboxylic acids is 1. The maximum Gasteiger partial charge on any atom is 0.163 e. The number of methoxy groups -OCH3 is 1. The Morgan fingerprint density at radius 2 is 1.77 bits per heavy atom. The number of ketones is 1. The third-order valence-corrected chi connectivity index (χ3v) is 7.46. The molecule has 0 spiro atoms. The number of carbonyl (C=O) groups is 1. The summed E-state index contributed by atoms with van der Waals surface area (Å²) in [4.78, 5) is 14.6. The summed E-state index contributed by atoms with van der Waals surface area (Å²) < 4.78 is 6.35. The zero-order chi connectivity index (χ0) is 20.7. The van der Waals surface area contributed by atoms with Crippen molar-refractivity contribution in [3.63, 3.8) is 0 Å². The first kappa shape index (κ1) is 19.4. The van der Waals surface area contributed by atoms with Gasteiger partial charge in [-0.25, -0.2) is 0 Å². The summed E-state index contributed by atoms with van der Waals surface area (Å²) in [7, 11) is 1.67. The van der Waals surface area contributed by atoms with E-state index < -0.39 is 0 Å². The largest absolute Gasteiger partial charge is 0.497 e. The Balaban J connectivity index is 1.57. The quantitative estimate of drug-likeness (QED) is 0.449. The zero-order valence-corrected chi connectivity index (χ0v) is 18.8. The summed E-state index contributed by atoms with van der Waals surface area (Å²) in [5.41, 5.74) is 5.05. The number of allylic oxidation sites excluding steroid dienone is 1. The monoisotopic (exact) mass is 480 g/mol. The van der Waals surface area contributed by atoms with E-state index in [9.17, 15) is 4.79 Å². The highest BCUT2D eigenvalue weighted by Gasteiger charge is 2.36. The molecule has 0 bridgehead atoms. The lowest BCUT2D eigenvalue weighted by atomic mass is 9.79. The molecule has 6 heteroatoms. The highest BCUT2D eigenvalue weighted by atomic mass is 79.9. The summed E-state index contributed by atoms with van der Waals surface area (Å²) >= 11 is 5.23. The van der Waals surface area contributed by atoms with Crippen molar-refractivity contribution >= 4 is 44.4 Å². The predicted molar refractivity (Wildman–Crippen MR) is 125 cm³/mol. The Morgan fingerprint density at radius 1 is 1.00 bits per heavy atom. The molecule has 1 aliphatic carbocycles. The van der Waals surface area contributed by atoms with E-state index in [1.165, 1.54) is 5.56 Å². The highest BCUT2D eigenvalue weighted by Crippen LogP contribution is 2.45. The van der Waals surface area contributed by atoms with Crippen LogP contribution in [-0.2, 0) is 4.79 Å². The van der Waals surface area contributed by atoms with Crippen molar-refractivity contribution in [2.45, 2.75) is 24.8 Å². The predicted octanol–water partition coefficient (Wildman–Crippen LogP) is 6.50. The number of thiophene rings is 1. The number of halogens is 1. The van der Waals surface area contributed by atoms with Crippen molar-refractivity contribution in [1.29, 1.82) is 0 Å². The van der Waals surface area contributed by atoms with Crippen LogP contribution >= 0.6 is 27.3 Å². The highest BCUT2D eigenvalue weighted by molar-refractivity contribution is 9.11. The van der Waals surface area contributed by atoms with E-state index in [0.29, 0.717) is 6.42 Å². The molecule has 0 amide bonds. The fourth-order valence-electron chi connectivity index (χ4n) is 4.30. The van der Waals surface area contributed by atoms with E-state index >= 15 is 0 Å². The molecular formula is C24H21BrN2O2S. The Kier molecular flexibility index (Phi) is 5.13. The van der Waals surface area contributed by atoms with Gasteiger partial charge in [-0.05, 0) is 70.2 Å². The molecule has 2 aromatic carbocycles. The van der Waals surface area contributed by atoms with Crippen LogP contribution in [0.15, 0.2) is 75.7 Å². The standard InChI is InChI=1S/C24H21BrN2O2S/c1-29-16-8-6-14(7-9-16)15-12-19-23(20(28)13-15)24(21-10-11-22(25)30-21)27-18-5-3-2-4-17(18)26-19/h2-11,15,24,26-27H,12-13H2,1H3/t15-,24+/m0/s1. The molecule has 0 fully saturated rings. The van der Waals surface area contributed by atoms with Crippen molar-refractivity contribution < 1.29 is 9.53 Å². The molecular weight excluding hydrogens is 460 g/mol. The van der Waals surface area contributed by atoms with Gasteiger partial charge in [-0.3, -0.25) is 4.79 Å². The van der Waals surface area contributed by atoms with Gasteiger partial charge in [0.15, 0.2) is 5.78 Å². The van der Waals surface area contributed by atoms with Crippen LogP contribution in [0.1, 0.15) is 35.2 Å². The first-order valence-electron chi connectivity index (χ1n) is 9.90. The average Bonchev–Trinajstić information content (AvgIpc) is 3.11. The molecule has 152 valence electrons. The van der Waals surface area contributed by atoms with Crippen molar-refractivity contribution in [3.8, 4) is 5.75 Å². The van der Waals surface area contributed by atoms with E-state index in [2.05, 4.69) is 56.9 Å². The van der Waals surface area contributed by atoms with E-state index in [4.69, 9.17) is 4.74 Å². The molecule has 0 unspecified atom stereocenters. The molecule has 0 radical (unpaired) electrons. The van der Waals surface area contributed by atoms with Crippen LogP contribution in [0.5, 0.6) is 5.75 Å². The number of anilines is 2. The number of nitrogens with one attached hydrogen (secondary N) is 2. The molecule has 0 saturated heterocycles. The van der Waals surface area contributed by atoms with Crippen LogP contribution in [0.3, 0.4) is 0 Å². The fourth-order valence-corrected chi connectivity index (χ4v) is 5.79. The SMILES string of the molecule is COc1ccc([C@@H]2CC(=O)C3=C(C2)Nc2ccccc2N[C@@H]3c2ccc(Br)s2)cc1. The van der Waals surface area contributed by atoms with Gasteiger partial charge in [0, 0.05) is 22.6 Å². The van der Waals surface area contributed by atoms with Crippen molar-refractivity contribution in [1.82, 2.24) is 0 Å². The second-order valence-electron chi connectivity index (χ2n) is 7.58. The summed E-state index contributed by atoms with van der Waals surface area (Å²) in [6, 6.07) is 20.2. The first-order chi connectivity index (χ1) is 14.6. The van der Waals surface area contributed by atoms with E-state index in [1.807, 2.05) is 30.3 Å². The van der Waals surface area contributed by atoms with E-state index in [-0.39, 0.29) is 17.7 Å². The van der Waals surface area contributed by atoms with Gasteiger partial charge in [0.2, 0.25) is 0 Å². The lowest BCUT2D eigenvalue weighted by molar-refractivity contribution is -0.116. The van der Waals surface area contributed by atoms with Crippen LogP contribution in [-0.4, -0.2) is 12.9 Å². The lowest BCUT2D eigenvalue weighted by Crippen LogP contribution is -2.26. The number of Topliss-reactive ketones (excluding diaryl/α,β-unsaturated/α-hetero) is 1. The number of hydrogen-bond acceptors (Lipinski definition) is 5. The van der Waals surface area contributed by atoms with Crippen LogP contribution in [0, 0.1) is 0 Å². The molecule has 5 rings (SSSR count). The molecule has 1 aromatic heterocycles. The molecule has 2 atom stereocenters. The van der Waals surface area contributed by atoms with E-state index in [1.54, 1.807) is 18.4 Å². The third-order valence-electron chi connectivity index (χ3n) is 5.77. The molecule has 4 nitrogen and oxygen atoms in total. The maximum absolute atomic E-state index is 13.5. The van der Waals surface area contributed by atoms with Crippen molar-refractivity contribution in [3.05, 3.63) is 86.2 Å². The van der Waals surface area contributed by atoms with Gasteiger partial charge in [-0.1, -0.05) is 24.3 Å². The van der Waals surface area contributed by atoms with Gasteiger partial charge in [-0.15, -0.1) is 11.3 Å². The van der Waals surface area contributed by atoms with Crippen LogP contribution in [0.4, 0.5) is 11.4 Å². The number of para-hydroxylation sites is 2. The van der Waals surface area contributed by atoms with Crippen LogP contribution < -0.4 is 15.4 Å². The van der Waals surface area contributed by atoms with Crippen molar-refractivity contribution in [2.75, 3.05) is 17.7 Å². The molecule has 2 heterocycles. The van der Waals surface area contributed by atoms with Crippen molar-refractivity contribution in [2.24, 2.45) is 0 Å². The summed E-state index contributed by atoms with van der Waals surface area (Å²) in [6.07, 6.45) is 1.31. The van der Waals surface area contributed by atoms with Crippen LogP contribution in [0.2, 0.25) is 0 Å². The molecule has 30 heavy (non-hydrogen) atoms. The van der Waals surface area contributed by atoms with Gasteiger partial charge in [0.05, 0.1) is 28.3 Å². The summed E-state index contributed by atoms with van der Waals surface area (Å²) in [5.74, 6) is 1.17. The maximum atomic E-state index is 13.5. The second-order valence-corrected chi connectivity index (χ2v) is 10.1. The Labute approximate surface area is 188 Å². The van der Waals surface area contributed by atoms with E-state index in [0.717, 1.165) is 43.5 Å². The number of fused-ring (bicyclic) bond motifs is 1. The molecule has 2 N–H and O–H groups in total. The fraction of sp³-hybridized carbons (Fsp3) is 0.208. The van der Waals surface area contributed by atoms with Gasteiger partial charge in [-0.2, -0.15) is 0 Å². The smallest absolute Gasteiger partial charge is 0.163 e. The minimum Gasteiger partial charge on any atom is -0.497 e. The minimum absolute atomic E-state index is 0.149. The van der Waals surface area contributed by atoms with Gasteiger partial charge < -0.3 is 15.4 Å². The summed E-state index contributed by atoms with van der Waals surface area (Å²) in [5, 5.41) is 7.21. The zero-order valence-electron chi connectivity index (χ0n) is 16.4. The topological polar surface area (TPSA) is 50.4 Å². The Bertz CT molecular complexity index is 1140. The normalized spacial score (nSPS) is 20.5. The average molecular weight is 481 g/mol. The number of hydrogen-bond donors (Lipinski definition) is 2. The molecule has 3 aromatic rings. The minimum atomic E-state index is -0.156. The third kappa shape index (κ3) is 3.55. The summed E-state index contributed by atoms with van der Waals surface area (Å²) in [6.45, 7) is 0. The van der Waals surface area contributed by atoms with Crippen LogP contribution in [0.25, 0.3) is 0 Å². The van der Waals surface area contributed by atoms with Gasteiger partial charge in [0.1, 0.15) is 5.75 Å². The van der Waals surface area contributed by atoms with Gasteiger partial charge in [0.25, 0.3) is 0 Å². The number of benzene rings is 2. The number of rotatable bonds is 3. The molecule has 0 saturated carbocycles. The molecule has 2 aliphatic rings. The van der Waals surface area contributed by atoms with Gasteiger partial charge >= 0.3 is 0 Å². The Hall–Kier alpha value is -2.57. The number of ether oxygens (including phenoxy) is 1.